The SMILES string of the molecule is CCC1CC(=O)N(CC(O)CCl)C1. The molecule has 1 aliphatic rings. The van der Waals surface area contributed by atoms with Crippen molar-refractivity contribution in [3.63, 3.8) is 0 Å². The van der Waals surface area contributed by atoms with Crippen LogP contribution in [-0.4, -0.2) is 41.0 Å². The Balaban J connectivity index is 2.39. The average Bonchev–Trinajstić information content (AvgIpc) is 2.47. The van der Waals surface area contributed by atoms with E-state index in [-0.39, 0.29) is 11.8 Å². The van der Waals surface area contributed by atoms with Crippen molar-refractivity contribution in [1.82, 2.24) is 4.90 Å². The van der Waals surface area contributed by atoms with Crippen LogP contribution in [0.5, 0.6) is 0 Å². The van der Waals surface area contributed by atoms with Gasteiger partial charge in [0, 0.05) is 19.5 Å². The van der Waals surface area contributed by atoms with Gasteiger partial charge in [-0.05, 0) is 5.92 Å². The molecule has 0 spiro atoms. The molecule has 4 heteroatoms. The van der Waals surface area contributed by atoms with Crippen LogP contribution in [0.3, 0.4) is 0 Å². The van der Waals surface area contributed by atoms with Crippen LogP contribution < -0.4 is 0 Å². The Morgan fingerprint density at radius 2 is 2.46 bits per heavy atom. The molecule has 1 amide bonds. The molecule has 0 aromatic rings. The normalized spacial score (nSPS) is 25.3. The van der Waals surface area contributed by atoms with Crippen molar-refractivity contribution in [3.8, 4) is 0 Å². The minimum atomic E-state index is -0.582. The first kappa shape index (κ1) is 10.8. The van der Waals surface area contributed by atoms with Crippen LogP contribution in [-0.2, 0) is 4.79 Å². The molecule has 13 heavy (non-hydrogen) atoms. The fourth-order valence-corrected chi connectivity index (χ4v) is 1.70. The van der Waals surface area contributed by atoms with E-state index in [2.05, 4.69) is 6.92 Å². The lowest BCUT2D eigenvalue weighted by atomic mass is 10.1. The molecule has 1 aliphatic heterocycles. The molecule has 1 saturated heterocycles. The van der Waals surface area contributed by atoms with Gasteiger partial charge in [-0.25, -0.2) is 0 Å². The first-order valence-electron chi connectivity index (χ1n) is 4.69. The van der Waals surface area contributed by atoms with Crippen LogP contribution in [0.4, 0.5) is 0 Å². The number of halogens is 1. The number of nitrogens with zero attached hydrogens (tertiary/aromatic N) is 1. The second-order valence-electron chi connectivity index (χ2n) is 3.59. The summed E-state index contributed by atoms with van der Waals surface area (Å²) < 4.78 is 0. The summed E-state index contributed by atoms with van der Waals surface area (Å²) in [6.45, 7) is 3.25. The standard InChI is InChI=1S/C9H16ClNO2/c1-2-7-3-9(13)11(5-7)6-8(12)4-10/h7-8,12H,2-6H2,1H3. The van der Waals surface area contributed by atoms with Gasteiger partial charge in [-0.1, -0.05) is 13.3 Å². The Kier molecular flexibility index (Phi) is 4.00. The second-order valence-corrected chi connectivity index (χ2v) is 3.89. The summed E-state index contributed by atoms with van der Waals surface area (Å²) in [5.74, 6) is 0.812. The molecule has 0 radical (unpaired) electrons. The van der Waals surface area contributed by atoms with E-state index < -0.39 is 6.10 Å². The van der Waals surface area contributed by atoms with Gasteiger partial charge in [0.1, 0.15) is 0 Å². The summed E-state index contributed by atoms with van der Waals surface area (Å²) in [7, 11) is 0. The van der Waals surface area contributed by atoms with E-state index in [0.717, 1.165) is 13.0 Å². The number of amides is 1. The van der Waals surface area contributed by atoms with E-state index in [4.69, 9.17) is 11.6 Å². The number of carbonyl (C=O) groups excluding carboxylic acids is 1. The smallest absolute Gasteiger partial charge is 0.223 e. The van der Waals surface area contributed by atoms with E-state index in [1.807, 2.05) is 0 Å². The third-order valence-corrected chi connectivity index (χ3v) is 2.84. The molecule has 1 N–H and O–H groups in total. The maximum absolute atomic E-state index is 11.4. The summed E-state index contributed by atoms with van der Waals surface area (Å²) in [4.78, 5) is 13.1. The summed E-state index contributed by atoms with van der Waals surface area (Å²) in [6.07, 6.45) is 1.08. The van der Waals surface area contributed by atoms with Gasteiger partial charge in [-0.15, -0.1) is 11.6 Å². The number of hydrogen-bond acceptors (Lipinski definition) is 2. The minimum absolute atomic E-state index is 0.149. The Hall–Kier alpha value is -0.280. The molecule has 0 aliphatic carbocycles. The molecule has 2 atom stereocenters. The third kappa shape index (κ3) is 2.85. The van der Waals surface area contributed by atoms with Crippen LogP contribution in [0.25, 0.3) is 0 Å². The van der Waals surface area contributed by atoms with Gasteiger partial charge in [-0.2, -0.15) is 0 Å². The van der Waals surface area contributed by atoms with Gasteiger partial charge >= 0.3 is 0 Å². The van der Waals surface area contributed by atoms with Crippen LogP contribution in [0.15, 0.2) is 0 Å². The van der Waals surface area contributed by atoms with Gasteiger partial charge < -0.3 is 10.0 Å². The van der Waals surface area contributed by atoms with Crippen molar-refractivity contribution in [2.75, 3.05) is 19.0 Å². The largest absolute Gasteiger partial charge is 0.390 e. The minimum Gasteiger partial charge on any atom is -0.390 e. The number of alkyl halides is 1. The molecular formula is C9H16ClNO2. The lowest BCUT2D eigenvalue weighted by molar-refractivity contribution is -0.128. The average molecular weight is 206 g/mol. The number of aliphatic hydroxyl groups excluding tert-OH is 1. The van der Waals surface area contributed by atoms with Gasteiger partial charge in [-0.3, -0.25) is 4.79 Å². The van der Waals surface area contributed by atoms with Crippen molar-refractivity contribution < 1.29 is 9.90 Å². The molecule has 76 valence electrons. The molecule has 2 unspecified atom stereocenters. The first-order valence-corrected chi connectivity index (χ1v) is 5.22. The summed E-state index contributed by atoms with van der Waals surface area (Å²) >= 11 is 5.46. The lowest BCUT2D eigenvalue weighted by Gasteiger charge is -2.18. The summed E-state index contributed by atoms with van der Waals surface area (Å²) in [6, 6.07) is 0. The number of hydrogen-bond donors (Lipinski definition) is 1. The zero-order valence-corrected chi connectivity index (χ0v) is 8.63. The van der Waals surface area contributed by atoms with Gasteiger partial charge in [0.25, 0.3) is 0 Å². The molecule has 1 heterocycles. The predicted octanol–water partition coefficient (Wildman–Crippen LogP) is 0.845. The lowest BCUT2D eigenvalue weighted by Crippen LogP contribution is -2.34. The first-order chi connectivity index (χ1) is 6.17. The molecule has 0 saturated carbocycles. The third-order valence-electron chi connectivity index (χ3n) is 2.48. The van der Waals surface area contributed by atoms with Gasteiger partial charge in [0.2, 0.25) is 5.91 Å². The monoisotopic (exact) mass is 205 g/mol. The summed E-state index contributed by atoms with van der Waals surface area (Å²) in [5.41, 5.74) is 0. The number of β-amino-alcohol motifs (C(OH)–C–C–N with tert-alkyl or cyclic N) is 1. The van der Waals surface area contributed by atoms with E-state index in [0.29, 0.717) is 18.9 Å². The van der Waals surface area contributed by atoms with Crippen molar-refractivity contribution in [1.29, 1.82) is 0 Å². The molecule has 0 aromatic carbocycles. The Bertz CT molecular complexity index is 186. The highest BCUT2D eigenvalue weighted by Crippen LogP contribution is 2.20. The fourth-order valence-electron chi connectivity index (χ4n) is 1.61. The predicted molar refractivity (Wildman–Crippen MR) is 51.7 cm³/mol. The number of aliphatic hydroxyl groups is 1. The maximum atomic E-state index is 11.4. The highest BCUT2D eigenvalue weighted by molar-refractivity contribution is 6.18. The maximum Gasteiger partial charge on any atom is 0.223 e. The van der Waals surface area contributed by atoms with Crippen LogP contribution in [0.1, 0.15) is 19.8 Å². The van der Waals surface area contributed by atoms with E-state index in [1.165, 1.54) is 0 Å². The molecule has 0 aromatic heterocycles. The van der Waals surface area contributed by atoms with Crippen molar-refractivity contribution in [3.05, 3.63) is 0 Å². The van der Waals surface area contributed by atoms with Crippen molar-refractivity contribution in [2.45, 2.75) is 25.9 Å². The van der Waals surface area contributed by atoms with E-state index >= 15 is 0 Å². The molecule has 0 bridgehead atoms. The van der Waals surface area contributed by atoms with E-state index in [9.17, 15) is 9.90 Å². The van der Waals surface area contributed by atoms with Gasteiger partial charge in [0.15, 0.2) is 0 Å². The topological polar surface area (TPSA) is 40.5 Å². The molecular weight excluding hydrogens is 190 g/mol. The van der Waals surface area contributed by atoms with Crippen LogP contribution in [0.2, 0.25) is 0 Å². The Morgan fingerprint density at radius 1 is 1.77 bits per heavy atom. The Labute approximate surface area is 83.7 Å². The van der Waals surface area contributed by atoms with Crippen molar-refractivity contribution >= 4 is 17.5 Å². The van der Waals surface area contributed by atoms with Gasteiger partial charge in [0.05, 0.1) is 12.0 Å². The number of rotatable bonds is 4. The Morgan fingerprint density at radius 3 is 2.92 bits per heavy atom. The highest BCUT2D eigenvalue weighted by Gasteiger charge is 2.29. The van der Waals surface area contributed by atoms with Crippen LogP contribution >= 0.6 is 11.6 Å². The number of likely N-dealkylation sites (tertiary alicyclic amines) is 1. The zero-order chi connectivity index (χ0) is 9.84. The van der Waals surface area contributed by atoms with Crippen LogP contribution in [0, 0.1) is 5.92 Å². The van der Waals surface area contributed by atoms with Crippen molar-refractivity contribution in [2.24, 2.45) is 5.92 Å². The quantitative estimate of drug-likeness (QED) is 0.692. The zero-order valence-electron chi connectivity index (χ0n) is 7.87. The number of carbonyl (C=O) groups is 1. The summed E-state index contributed by atoms with van der Waals surface area (Å²) in [5, 5.41) is 9.27. The van der Waals surface area contributed by atoms with E-state index in [1.54, 1.807) is 4.90 Å². The highest BCUT2D eigenvalue weighted by atomic mass is 35.5. The molecule has 3 nitrogen and oxygen atoms in total. The fraction of sp³-hybridized carbons (Fsp3) is 0.889. The molecule has 1 fully saturated rings. The second kappa shape index (κ2) is 4.82. The molecule has 1 rings (SSSR count).